The maximum absolute atomic E-state index is 13.4. The van der Waals surface area contributed by atoms with Gasteiger partial charge in [0.05, 0.1) is 18.8 Å². The van der Waals surface area contributed by atoms with Crippen LogP contribution in [-0.2, 0) is 4.74 Å². The molecule has 5 N–H and O–H groups in total. The van der Waals surface area contributed by atoms with E-state index in [9.17, 15) is 4.39 Å². The number of nitrogens with one attached hydrogen (secondary N) is 3. The second-order valence-electron chi connectivity index (χ2n) is 7.53. The van der Waals surface area contributed by atoms with Gasteiger partial charge in [0.15, 0.2) is 5.79 Å². The topological polar surface area (TPSA) is 109 Å². The van der Waals surface area contributed by atoms with E-state index in [1.807, 2.05) is 13.0 Å². The zero-order valence-electron chi connectivity index (χ0n) is 16.8. The molecular formula is C21H26FN7O. The summed E-state index contributed by atoms with van der Waals surface area (Å²) in [5.41, 5.74) is 7.63. The quantitative estimate of drug-likeness (QED) is 0.576. The van der Waals surface area contributed by atoms with Crippen molar-refractivity contribution in [3.05, 3.63) is 66.1 Å². The van der Waals surface area contributed by atoms with E-state index in [-0.39, 0.29) is 17.8 Å². The fraction of sp³-hybridized carbons (Fsp3) is 0.381. The van der Waals surface area contributed by atoms with Gasteiger partial charge in [-0.2, -0.15) is 0 Å². The summed E-state index contributed by atoms with van der Waals surface area (Å²) in [6.45, 7) is 3.30. The largest absolute Gasteiger partial charge is 0.376 e. The number of anilines is 1. The molecule has 9 heteroatoms. The number of halogens is 1. The molecule has 158 valence electrons. The zero-order valence-corrected chi connectivity index (χ0v) is 16.8. The molecule has 3 atom stereocenters. The molecule has 2 unspecified atom stereocenters. The number of amidine groups is 1. The minimum atomic E-state index is -1.06. The highest BCUT2D eigenvalue weighted by molar-refractivity contribution is 5.95. The monoisotopic (exact) mass is 411 g/mol. The molecule has 2 aliphatic rings. The first-order chi connectivity index (χ1) is 14.5. The highest BCUT2D eigenvalue weighted by atomic mass is 19.1. The third kappa shape index (κ3) is 4.74. The van der Waals surface area contributed by atoms with Gasteiger partial charge in [-0.3, -0.25) is 15.7 Å². The van der Waals surface area contributed by atoms with Gasteiger partial charge in [-0.1, -0.05) is 19.1 Å². The van der Waals surface area contributed by atoms with Gasteiger partial charge in [0.2, 0.25) is 0 Å². The van der Waals surface area contributed by atoms with Crippen molar-refractivity contribution in [3.8, 4) is 0 Å². The van der Waals surface area contributed by atoms with Crippen molar-refractivity contribution in [2.45, 2.75) is 37.6 Å². The van der Waals surface area contributed by atoms with Crippen LogP contribution in [0.4, 0.5) is 10.2 Å². The van der Waals surface area contributed by atoms with E-state index in [2.05, 4.69) is 25.9 Å². The van der Waals surface area contributed by atoms with E-state index >= 15 is 0 Å². The predicted molar refractivity (Wildman–Crippen MR) is 113 cm³/mol. The summed E-state index contributed by atoms with van der Waals surface area (Å²) in [6, 6.07) is 6.32. The van der Waals surface area contributed by atoms with E-state index < -0.39 is 5.79 Å². The normalized spacial score (nSPS) is 25.9. The Morgan fingerprint density at radius 1 is 1.33 bits per heavy atom. The first kappa shape index (κ1) is 20.2. The van der Waals surface area contributed by atoms with Crippen LogP contribution < -0.4 is 21.7 Å². The fourth-order valence-electron chi connectivity index (χ4n) is 3.55. The average Bonchev–Trinajstić information content (AvgIpc) is 3.26. The van der Waals surface area contributed by atoms with E-state index in [0.29, 0.717) is 24.0 Å². The van der Waals surface area contributed by atoms with Crippen LogP contribution in [0.3, 0.4) is 0 Å². The summed E-state index contributed by atoms with van der Waals surface area (Å²) in [6.07, 6.45) is 8.86. The molecule has 0 saturated carbocycles. The molecule has 3 heterocycles. The van der Waals surface area contributed by atoms with Crippen LogP contribution >= 0.6 is 0 Å². The number of rotatable bonds is 6. The number of aromatic nitrogens is 2. The number of benzene rings is 1. The fourth-order valence-corrected chi connectivity index (χ4v) is 3.55. The van der Waals surface area contributed by atoms with Crippen molar-refractivity contribution in [1.82, 2.24) is 20.6 Å². The summed E-state index contributed by atoms with van der Waals surface area (Å²) in [4.78, 5) is 13.0. The number of nitrogens with zero attached hydrogens (tertiary/aromatic N) is 3. The minimum Gasteiger partial charge on any atom is -0.376 e. The lowest BCUT2D eigenvalue weighted by Crippen LogP contribution is -2.70. The summed E-state index contributed by atoms with van der Waals surface area (Å²) in [5, 5.41) is 9.78. The summed E-state index contributed by atoms with van der Waals surface area (Å²) < 4.78 is 19.1. The molecule has 0 amide bonds. The Morgan fingerprint density at radius 3 is 2.87 bits per heavy atom. The van der Waals surface area contributed by atoms with Crippen molar-refractivity contribution >= 4 is 11.7 Å². The molecule has 1 saturated heterocycles. The maximum Gasteiger partial charge on any atom is 0.170 e. The lowest BCUT2D eigenvalue weighted by Gasteiger charge is -2.42. The SMILES string of the molecule is C[C@@H](c1ccc(F)cc1)C1(N)NC(Nc2cnccn2)=CC(=NCC2CCCO2)N1. The first-order valence-corrected chi connectivity index (χ1v) is 10.0. The Hall–Kier alpha value is -3.04. The molecule has 2 aliphatic heterocycles. The first-order valence-electron chi connectivity index (χ1n) is 10.0. The van der Waals surface area contributed by atoms with Gasteiger partial charge < -0.3 is 20.7 Å². The van der Waals surface area contributed by atoms with Gasteiger partial charge in [-0.05, 0) is 30.5 Å². The van der Waals surface area contributed by atoms with Crippen molar-refractivity contribution < 1.29 is 9.13 Å². The van der Waals surface area contributed by atoms with Crippen molar-refractivity contribution in [1.29, 1.82) is 0 Å². The standard InChI is InChI=1S/C21H26FN7O/c1-14(15-4-6-16(22)7-5-15)21(23)28-18(26-12-17-3-2-10-30-17)11-19(29-21)27-20-13-24-8-9-25-20/h4-9,11,13-14,17,29H,2-3,10,12,23H2,1H3,(H,25,27)(H,26,28)/t14-,17?,21?/m0/s1. The van der Waals surface area contributed by atoms with Crippen LogP contribution in [0.1, 0.15) is 31.2 Å². The van der Waals surface area contributed by atoms with Gasteiger partial charge in [-0.25, -0.2) is 9.37 Å². The summed E-state index contributed by atoms with van der Waals surface area (Å²) in [5.74, 6) is 0.285. The molecule has 2 aromatic rings. The van der Waals surface area contributed by atoms with E-state index in [1.165, 1.54) is 12.1 Å². The zero-order chi connectivity index (χ0) is 21.0. The Labute approximate surface area is 174 Å². The lowest BCUT2D eigenvalue weighted by atomic mass is 9.92. The number of ether oxygens (including phenoxy) is 1. The molecule has 1 fully saturated rings. The molecule has 0 bridgehead atoms. The van der Waals surface area contributed by atoms with Crippen molar-refractivity contribution in [2.24, 2.45) is 10.7 Å². The highest BCUT2D eigenvalue weighted by Gasteiger charge is 2.37. The molecule has 0 spiro atoms. The molecule has 30 heavy (non-hydrogen) atoms. The van der Waals surface area contributed by atoms with Crippen LogP contribution in [0.5, 0.6) is 0 Å². The van der Waals surface area contributed by atoms with Crippen LogP contribution in [0.2, 0.25) is 0 Å². The minimum absolute atomic E-state index is 0.126. The third-order valence-corrected chi connectivity index (χ3v) is 5.33. The second-order valence-corrected chi connectivity index (χ2v) is 7.53. The Morgan fingerprint density at radius 2 is 2.17 bits per heavy atom. The smallest absolute Gasteiger partial charge is 0.170 e. The highest BCUT2D eigenvalue weighted by Crippen LogP contribution is 2.26. The van der Waals surface area contributed by atoms with Crippen molar-refractivity contribution in [2.75, 3.05) is 18.5 Å². The van der Waals surface area contributed by atoms with Crippen LogP contribution in [0.25, 0.3) is 0 Å². The maximum atomic E-state index is 13.4. The van der Waals surface area contributed by atoms with Gasteiger partial charge in [0.25, 0.3) is 0 Å². The average molecular weight is 411 g/mol. The molecule has 0 aliphatic carbocycles. The van der Waals surface area contributed by atoms with Gasteiger partial charge in [0, 0.05) is 31.0 Å². The van der Waals surface area contributed by atoms with Gasteiger partial charge >= 0.3 is 0 Å². The number of hydrogen-bond acceptors (Lipinski definition) is 7. The van der Waals surface area contributed by atoms with E-state index in [4.69, 9.17) is 15.5 Å². The van der Waals surface area contributed by atoms with E-state index in [0.717, 1.165) is 25.0 Å². The molecule has 0 radical (unpaired) electrons. The third-order valence-electron chi connectivity index (χ3n) is 5.33. The summed E-state index contributed by atoms with van der Waals surface area (Å²) >= 11 is 0. The summed E-state index contributed by atoms with van der Waals surface area (Å²) in [7, 11) is 0. The molecule has 4 rings (SSSR count). The van der Waals surface area contributed by atoms with Crippen LogP contribution in [0, 0.1) is 5.82 Å². The lowest BCUT2D eigenvalue weighted by molar-refractivity contribution is 0.117. The van der Waals surface area contributed by atoms with Gasteiger partial charge in [-0.15, -0.1) is 0 Å². The van der Waals surface area contributed by atoms with E-state index in [1.54, 1.807) is 30.7 Å². The molecule has 1 aromatic heterocycles. The van der Waals surface area contributed by atoms with Crippen LogP contribution in [-0.4, -0.2) is 40.8 Å². The Bertz CT molecular complexity index is 913. The number of nitrogens with two attached hydrogens (primary N) is 1. The molecule has 1 aromatic carbocycles. The Balaban J connectivity index is 1.59. The van der Waals surface area contributed by atoms with Gasteiger partial charge in [0.1, 0.15) is 23.3 Å². The Kier molecular flexibility index (Phi) is 5.91. The van der Waals surface area contributed by atoms with Crippen LogP contribution in [0.15, 0.2) is 59.7 Å². The molecular weight excluding hydrogens is 385 g/mol. The molecule has 8 nitrogen and oxygen atoms in total. The van der Waals surface area contributed by atoms with Crippen molar-refractivity contribution in [3.63, 3.8) is 0 Å². The predicted octanol–water partition coefficient (Wildman–Crippen LogP) is 2.06. The number of aliphatic imine (C=N–C) groups is 1. The second kappa shape index (κ2) is 8.76. The number of hydrogen-bond donors (Lipinski definition) is 4.